The molecular weight excluding hydrogens is 444 g/mol. The molecule has 7 heteroatoms. The highest BCUT2D eigenvalue weighted by Crippen LogP contribution is 2.41. The predicted octanol–water partition coefficient (Wildman–Crippen LogP) is 5.57. The maximum Gasteiger partial charge on any atom is 0.353 e. The Morgan fingerprint density at radius 3 is 2.20 bits per heavy atom. The highest BCUT2D eigenvalue weighted by atomic mass is 16.5. The summed E-state index contributed by atoms with van der Waals surface area (Å²) in [6.07, 6.45) is 0. The quantitative estimate of drug-likeness (QED) is 0.337. The van der Waals surface area contributed by atoms with Crippen LogP contribution < -0.4 is 14.2 Å². The summed E-state index contributed by atoms with van der Waals surface area (Å²) in [5, 5.41) is 11.5. The number of para-hydroxylation sites is 1. The molecule has 0 aliphatic heterocycles. The lowest BCUT2D eigenvalue weighted by atomic mass is 10.0. The number of ether oxygens (including phenoxy) is 3. The van der Waals surface area contributed by atoms with Crippen LogP contribution in [-0.4, -0.2) is 41.5 Å². The number of aryl methyl sites for hydroxylation is 1. The summed E-state index contributed by atoms with van der Waals surface area (Å²) in [6.45, 7) is 0.294. The zero-order valence-electron chi connectivity index (χ0n) is 20.0. The lowest BCUT2D eigenvalue weighted by molar-refractivity contribution is 0.0687. The number of methoxy groups -OCH3 is 3. The number of aromatic nitrogens is 2. The Bertz CT molecular complexity index is 1560. The molecule has 5 aromatic rings. The van der Waals surface area contributed by atoms with Gasteiger partial charge in [-0.2, -0.15) is 0 Å². The minimum Gasteiger partial charge on any atom is -0.497 e. The third-order valence-electron chi connectivity index (χ3n) is 6.49. The molecule has 0 unspecified atom stereocenters. The lowest BCUT2D eigenvalue weighted by Gasteiger charge is -2.14. The van der Waals surface area contributed by atoms with Gasteiger partial charge in [0.1, 0.15) is 22.9 Å². The van der Waals surface area contributed by atoms with Crippen LogP contribution in [0, 0.1) is 0 Å². The van der Waals surface area contributed by atoms with Gasteiger partial charge in [0.25, 0.3) is 0 Å². The Balaban J connectivity index is 1.88. The summed E-state index contributed by atoms with van der Waals surface area (Å²) < 4.78 is 20.3. The SMILES string of the molecule is COc1ccc(-c2c(C(=O)O)n(Cc3cc(OC)ccc3OC)c3c4ccccc4n(C)c23)cc1. The molecule has 0 bridgehead atoms. The van der Waals surface area contributed by atoms with Gasteiger partial charge in [-0.1, -0.05) is 30.3 Å². The van der Waals surface area contributed by atoms with Gasteiger partial charge < -0.3 is 28.5 Å². The van der Waals surface area contributed by atoms with Gasteiger partial charge in [0.05, 0.1) is 44.4 Å². The second-order valence-corrected chi connectivity index (χ2v) is 8.29. The molecule has 2 aromatic heterocycles. The summed E-state index contributed by atoms with van der Waals surface area (Å²) in [7, 11) is 6.79. The largest absolute Gasteiger partial charge is 0.497 e. The zero-order chi connectivity index (χ0) is 24.7. The zero-order valence-corrected chi connectivity index (χ0v) is 20.0. The molecule has 1 N–H and O–H groups in total. The first-order valence-electron chi connectivity index (χ1n) is 11.2. The molecule has 0 radical (unpaired) electrons. The summed E-state index contributed by atoms with van der Waals surface area (Å²) >= 11 is 0. The number of nitrogens with zero attached hydrogens (tertiary/aromatic N) is 2. The van der Waals surface area contributed by atoms with Crippen LogP contribution in [0.5, 0.6) is 17.2 Å². The summed E-state index contributed by atoms with van der Waals surface area (Å²) in [4.78, 5) is 12.8. The molecule has 0 saturated carbocycles. The average molecular weight is 471 g/mol. The van der Waals surface area contributed by atoms with Crippen molar-refractivity contribution in [2.45, 2.75) is 6.54 Å². The van der Waals surface area contributed by atoms with Crippen LogP contribution in [0.25, 0.3) is 33.1 Å². The minimum absolute atomic E-state index is 0.214. The molecule has 2 heterocycles. The highest BCUT2D eigenvalue weighted by Gasteiger charge is 2.28. The first-order chi connectivity index (χ1) is 17.0. The van der Waals surface area contributed by atoms with Gasteiger partial charge in [0.2, 0.25) is 0 Å². The van der Waals surface area contributed by atoms with Crippen molar-refractivity contribution in [1.82, 2.24) is 9.13 Å². The van der Waals surface area contributed by atoms with E-state index in [0.29, 0.717) is 29.4 Å². The van der Waals surface area contributed by atoms with E-state index in [1.165, 1.54) is 0 Å². The van der Waals surface area contributed by atoms with E-state index in [4.69, 9.17) is 14.2 Å². The number of hydrogen-bond acceptors (Lipinski definition) is 4. The molecule has 7 nitrogen and oxygen atoms in total. The average Bonchev–Trinajstić information content (AvgIpc) is 3.37. The molecule has 0 aliphatic rings. The monoisotopic (exact) mass is 470 g/mol. The summed E-state index contributed by atoms with van der Waals surface area (Å²) in [6, 6.07) is 21.1. The molecule has 5 rings (SSSR count). The van der Waals surface area contributed by atoms with Crippen molar-refractivity contribution in [1.29, 1.82) is 0 Å². The summed E-state index contributed by atoms with van der Waals surface area (Å²) in [5.41, 5.74) is 5.24. The third kappa shape index (κ3) is 3.56. The topological polar surface area (TPSA) is 74.8 Å². The first-order valence-corrected chi connectivity index (χ1v) is 11.2. The molecule has 0 amide bonds. The van der Waals surface area contributed by atoms with Gasteiger partial charge in [0.15, 0.2) is 0 Å². The molecule has 0 atom stereocenters. The fraction of sp³-hybridized carbons (Fsp3) is 0.179. The van der Waals surface area contributed by atoms with Crippen molar-refractivity contribution in [3.8, 4) is 28.4 Å². The summed E-state index contributed by atoms with van der Waals surface area (Å²) in [5.74, 6) is 1.04. The van der Waals surface area contributed by atoms with Crippen molar-refractivity contribution in [3.05, 3.63) is 78.0 Å². The van der Waals surface area contributed by atoms with E-state index >= 15 is 0 Å². The number of carbonyl (C=O) groups is 1. The Labute approximate surface area is 202 Å². The molecule has 178 valence electrons. The van der Waals surface area contributed by atoms with Gasteiger partial charge in [-0.05, 0) is 42.0 Å². The minimum atomic E-state index is -1.00. The van der Waals surface area contributed by atoms with E-state index in [-0.39, 0.29) is 5.69 Å². The Kier molecular flexibility index (Phi) is 5.61. The maximum atomic E-state index is 12.8. The number of hydrogen-bond donors (Lipinski definition) is 1. The molecule has 0 aliphatic carbocycles. The van der Waals surface area contributed by atoms with Crippen LogP contribution in [0.1, 0.15) is 16.1 Å². The lowest BCUT2D eigenvalue weighted by Crippen LogP contribution is -2.11. The highest BCUT2D eigenvalue weighted by molar-refractivity contribution is 6.16. The van der Waals surface area contributed by atoms with Crippen molar-refractivity contribution < 1.29 is 24.1 Å². The molecular formula is C28H26N2O5. The molecule has 35 heavy (non-hydrogen) atoms. The van der Waals surface area contributed by atoms with Gasteiger partial charge >= 0.3 is 5.97 Å². The molecule has 0 spiro atoms. The van der Waals surface area contributed by atoms with E-state index < -0.39 is 5.97 Å². The van der Waals surface area contributed by atoms with Crippen molar-refractivity contribution >= 4 is 27.9 Å². The fourth-order valence-electron chi connectivity index (χ4n) is 4.88. The van der Waals surface area contributed by atoms with E-state index in [9.17, 15) is 9.90 Å². The normalized spacial score (nSPS) is 11.2. The van der Waals surface area contributed by atoms with Gasteiger partial charge in [-0.3, -0.25) is 0 Å². The maximum absolute atomic E-state index is 12.8. The molecule has 0 saturated heterocycles. The third-order valence-corrected chi connectivity index (χ3v) is 6.49. The van der Waals surface area contributed by atoms with Crippen LogP contribution in [0.2, 0.25) is 0 Å². The number of fused-ring (bicyclic) bond motifs is 3. The standard InChI is InChI=1S/C28H26N2O5/c1-29-22-8-6-5-7-21(22)25-26(29)24(17-9-11-19(33-2)12-10-17)27(28(31)32)30(25)16-18-15-20(34-3)13-14-23(18)35-4/h5-15H,16H2,1-4H3,(H,31,32). The van der Waals surface area contributed by atoms with E-state index in [2.05, 4.69) is 4.57 Å². The van der Waals surface area contributed by atoms with Crippen LogP contribution in [0.3, 0.4) is 0 Å². The number of aromatic carboxylic acids is 1. The second kappa shape index (κ2) is 8.76. The van der Waals surface area contributed by atoms with Crippen molar-refractivity contribution in [2.75, 3.05) is 21.3 Å². The van der Waals surface area contributed by atoms with Gasteiger partial charge in [0, 0.05) is 23.6 Å². The van der Waals surface area contributed by atoms with Crippen molar-refractivity contribution in [3.63, 3.8) is 0 Å². The van der Waals surface area contributed by atoms with Crippen molar-refractivity contribution in [2.24, 2.45) is 7.05 Å². The second-order valence-electron chi connectivity index (χ2n) is 8.29. The van der Waals surface area contributed by atoms with Crippen LogP contribution in [-0.2, 0) is 13.6 Å². The molecule has 3 aromatic carbocycles. The predicted molar refractivity (Wildman–Crippen MR) is 136 cm³/mol. The number of benzene rings is 3. The first kappa shape index (κ1) is 22.4. The van der Waals surface area contributed by atoms with Crippen LogP contribution in [0.15, 0.2) is 66.7 Å². The van der Waals surface area contributed by atoms with Crippen LogP contribution >= 0.6 is 0 Å². The van der Waals surface area contributed by atoms with E-state index in [0.717, 1.165) is 33.1 Å². The smallest absolute Gasteiger partial charge is 0.353 e. The van der Waals surface area contributed by atoms with Gasteiger partial charge in [-0.25, -0.2) is 4.79 Å². The van der Waals surface area contributed by atoms with Gasteiger partial charge in [-0.15, -0.1) is 0 Å². The number of carboxylic acids is 1. The molecule has 0 fully saturated rings. The Morgan fingerprint density at radius 1 is 0.857 bits per heavy atom. The number of rotatable bonds is 7. The fourth-order valence-corrected chi connectivity index (χ4v) is 4.88. The van der Waals surface area contributed by atoms with Crippen LogP contribution in [0.4, 0.5) is 0 Å². The number of carboxylic acid groups (broad SMARTS) is 1. The van der Waals surface area contributed by atoms with E-state index in [1.807, 2.05) is 78.3 Å². The Morgan fingerprint density at radius 2 is 1.54 bits per heavy atom. The van der Waals surface area contributed by atoms with E-state index in [1.54, 1.807) is 21.3 Å². The Hall–Kier alpha value is -4.39.